The number of thiophene rings is 2. The summed E-state index contributed by atoms with van der Waals surface area (Å²) in [6, 6.07) is 75.3. The Morgan fingerprint density at radius 1 is 0.339 bits per heavy atom. The first kappa shape index (κ1) is 36.3. The Hall–Kier alpha value is -7.57. The Kier molecular flexibility index (Phi) is 8.87. The maximum atomic E-state index is 5.42. The van der Waals surface area contributed by atoms with E-state index in [0.29, 0.717) is 5.82 Å². The molecule has 0 radical (unpaired) electrons. The van der Waals surface area contributed by atoms with Gasteiger partial charge in [-0.15, -0.1) is 22.7 Å². The summed E-state index contributed by atoms with van der Waals surface area (Å²) in [6.07, 6.45) is 0. The van der Waals surface area contributed by atoms with E-state index in [1.807, 2.05) is 40.9 Å². The first-order valence-electron chi connectivity index (χ1n) is 20.8. The van der Waals surface area contributed by atoms with E-state index in [0.717, 1.165) is 61.4 Å². The SMILES string of the molecule is c1ccc(-c2cccc(-c3cc(-c4ccc(-c5c(-c6cccc7c6sc6ccccc67)sc6c5c(-c5ccccc5)nc5ccccc56)cc4)nc(-c4ccccc4)n3)c2)cc1. The number of aromatic nitrogens is 3. The number of benzene rings is 8. The first-order valence-corrected chi connectivity index (χ1v) is 22.4. The number of para-hydroxylation sites is 1. The topological polar surface area (TPSA) is 38.7 Å². The third-order valence-electron chi connectivity index (χ3n) is 11.7. The molecule has 12 aromatic rings. The second-order valence-corrected chi connectivity index (χ2v) is 17.6. The molecule has 12 rings (SSSR count). The van der Waals surface area contributed by atoms with Crippen molar-refractivity contribution in [2.75, 3.05) is 0 Å². The molecule has 3 nitrogen and oxygen atoms in total. The summed E-state index contributed by atoms with van der Waals surface area (Å²) in [5, 5.41) is 4.92. The van der Waals surface area contributed by atoms with Gasteiger partial charge in [-0.1, -0.05) is 188 Å². The Morgan fingerprint density at radius 2 is 0.919 bits per heavy atom. The molecule has 0 aliphatic carbocycles. The van der Waals surface area contributed by atoms with Gasteiger partial charge in [-0.25, -0.2) is 15.0 Å². The van der Waals surface area contributed by atoms with E-state index in [1.165, 1.54) is 51.8 Å². The van der Waals surface area contributed by atoms with Crippen LogP contribution in [-0.2, 0) is 0 Å². The number of hydrogen-bond donors (Lipinski definition) is 0. The minimum atomic E-state index is 0.695. The van der Waals surface area contributed by atoms with Gasteiger partial charge in [0.2, 0.25) is 0 Å². The Morgan fingerprint density at radius 3 is 1.69 bits per heavy atom. The summed E-state index contributed by atoms with van der Waals surface area (Å²) in [5.74, 6) is 0.695. The van der Waals surface area contributed by atoms with Gasteiger partial charge in [0, 0.05) is 73.9 Å². The molecule has 0 unspecified atom stereocenters. The Balaban J connectivity index is 1.07. The number of hydrogen-bond acceptors (Lipinski definition) is 5. The average Bonchev–Trinajstić information content (AvgIpc) is 3.95. The highest BCUT2D eigenvalue weighted by atomic mass is 32.1. The maximum absolute atomic E-state index is 5.42. The van der Waals surface area contributed by atoms with E-state index in [2.05, 4.69) is 194 Å². The van der Waals surface area contributed by atoms with Crippen LogP contribution in [0, 0.1) is 0 Å². The highest BCUT2D eigenvalue weighted by Crippen LogP contribution is 2.52. The van der Waals surface area contributed by atoms with Crippen LogP contribution in [0.5, 0.6) is 0 Å². The molecule has 8 aromatic carbocycles. The molecule has 0 fully saturated rings. The molecule has 0 aliphatic heterocycles. The molecule has 4 aromatic heterocycles. The number of rotatable bonds is 7. The normalized spacial score (nSPS) is 11.5. The van der Waals surface area contributed by atoms with E-state index < -0.39 is 0 Å². The zero-order chi connectivity index (χ0) is 41.0. The largest absolute Gasteiger partial charge is 0.247 e. The van der Waals surface area contributed by atoms with Crippen LogP contribution in [0.1, 0.15) is 0 Å². The van der Waals surface area contributed by atoms with Crippen LogP contribution >= 0.6 is 22.7 Å². The maximum Gasteiger partial charge on any atom is 0.160 e. The monoisotopic (exact) mass is 825 g/mol. The fourth-order valence-corrected chi connectivity index (χ4v) is 11.4. The van der Waals surface area contributed by atoms with Crippen LogP contribution in [0.4, 0.5) is 0 Å². The van der Waals surface area contributed by atoms with Gasteiger partial charge < -0.3 is 0 Å². The van der Waals surface area contributed by atoms with Crippen LogP contribution in [0.3, 0.4) is 0 Å². The lowest BCUT2D eigenvalue weighted by Crippen LogP contribution is -1.96. The van der Waals surface area contributed by atoms with Crippen molar-refractivity contribution in [3.8, 4) is 77.9 Å². The van der Waals surface area contributed by atoms with Crippen molar-refractivity contribution < 1.29 is 0 Å². The number of pyridine rings is 1. The summed E-state index contributed by atoms with van der Waals surface area (Å²) in [4.78, 5) is 17.0. The van der Waals surface area contributed by atoms with E-state index in [-0.39, 0.29) is 0 Å². The van der Waals surface area contributed by atoms with Crippen molar-refractivity contribution in [2.45, 2.75) is 0 Å². The fourth-order valence-electron chi connectivity index (χ4n) is 8.74. The molecule has 0 spiro atoms. The summed E-state index contributed by atoms with van der Waals surface area (Å²) >= 11 is 3.76. The molecular formula is C57H35N3S2. The van der Waals surface area contributed by atoms with Gasteiger partial charge in [0.05, 0.1) is 22.6 Å². The Labute approximate surface area is 366 Å². The molecule has 0 amide bonds. The second-order valence-electron chi connectivity index (χ2n) is 15.5. The molecule has 290 valence electrons. The highest BCUT2D eigenvalue weighted by Gasteiger charge is 2.24. The molecule has 5 heteroatoms. The zero-order valence-corrected chi connectivity index (χ0v) is 35.0. The number of nitrogens with zero attached hydrogens (tertiary/aromatic N) is 3. The average molecular weight is 826 g/mol. The van der Waals surface area contributed by atoms with Crippen molar-refractivity contribution in [1.82, 2.24) is 15.0 Å². The lowest BCUT2D eigenvalue weighted by Gasteiger charge is -2.13. The van der Waals surface area contributed by atoms with Gasteiger partial charge in [0.15, 0.2) is 5.82 Å². The lowest BCUT2D eigenvalue weighted by atomic mass is 9.93. The van der Waals surface area contributed by atoms with Crippen LogP contribution in [0.15, 0.2) is 212 Å². The summed E-state index contributed by atoms with van der Waals surface area (Å²) in [5.41, 5.74) is 13.8. The molecule has 0 saturated carbocycles. The Bertz CT molecular complexity index is 3610. The summed E-state index contributed by atoms with van der Waals surface area (Å²) < 4.78 is 3.84. The smallest absolute Gasteiger partial charge is 0.160 e. The van der Waals surface area contributed by atoms with Gasteiger partial charge in [0.25, 0.3) is 0 Å². The predicted octanol–water partition coefficient (Wildman–Crippen LogP) is 16.3. The molecule has 0 saturated heterocycles. The van der Waals surface area contributed by atoms with E-state index >= 15 is 0 Å². The van der Waals surface area contributed by atoms with Gasteiger partial charge in [-0.05, 0) is 41.0 Å². The molecule has 62 heavy (non-hydrogen) atoms. The second kappa shape index (κ2) is 15.2. The minimum absolute atomic E-state index is 0.695. The van der Waals surface area contributed by atoms with E-state index in [1.54, 1.807) is 0 Å². The van der Waals surface area contributed by atoms with E-state index in [9.17, 15) is 0 Å². The van der Waals surface area contributed by atoms with Gasteiger partial charge in [0.1, 0.15) is 0 Å². The van der Waals surface area contributed by atoms with Gasteiger partial charge >= 0.3 is 0 Å². The van der Waals surface area contributed by atoms with Gasteiger partial charge in [-0.2, -0.15) is 0 Å². The number of fused-ring (bicyclic) bond motifs is 6. The molecule has 0 N–H and O–H groups in total. The summed E-state index contributed by atoms with van der Waals surface area (Å²) in [7, 11) is 0. The van der Waals surface area contributed by atoms with Crippen molar-refractivity contribution >= 4 is 63.8 Å². The van der Waals surface area contributed by atoms with Gasteiger partial charge in [-0.3, -0.25) is 0 Å². The lowest BCUT2D eigenvalue weighted by molar-refractivity contribution is 1.18. The minimum Gasteiger partial charge on any atom is -0.247 e. The molecule has 4 heterocycles. The molecule has 0 atom stereocenters. The third kappa shape index (κ3) is 6.29. The summed E-state index contributed by atoms with van der Waals surface area (Å²) in [6.45, 7) is 0. The zero-order valence-electron chi connectivity index (χ0n) is 33.4. The standard InChI is InChI=1S/C57H35N3S2/c1-4-16-36(17-5-1)41-22-14-23-42(34-41)49-35-48(59-57(60-49)40-20-8-3-9-21-40)37-30-32-38(33-31-37)51-52-53(39-18-6-2-7-19-39)58-47-28-12-10-25-45(47)55(52)62-56(51)46-27-15-26-44-43-24-11-13-29-50(43)61-54(44)46/h1-35H. The quantitative estimate of drug-likeness (QED) is 0.161. The first-order chi connectivity index (χ1) is 30.7. The van der Waals surface area contributed by atoms with E-state index in [4.69, 9.17) is 15.0 Å². The van der Waals surface area contributed by atoms with Crippen molar-refractivity contribution in [2.24, 2.45) is 0 Å². The van der Waals surface area contributed by atoms with Crippen molar-refractivity contribution in [3.63, 3.8) is 0 Å². The van der Waals surface area contributed by atoms with Crippen LogP contribution in [0.25, 0.3) is 119 Å². The molecular weight excluding hydrogens is 791 g/mol. The highest BCUT2D eigenvalue weighted by molar-refractivity contribution is 7.28. The molecule has 0 bridgehead atoms. The van der Waals surface area contributed by atoms with Crippen molar-refractivity contribution in [3.05, 3.63) is 212 Å². The van der Waals surface area contributed by atoms with Crippen molar-refractivity contribution in [1.29, 1.82) is 0 Å². The third-order valence-corrected chi connectivity index (χ3v) is 14.2. The molecule has 0 aliphatic rings. The van der Waals surface area contributed by atoms with Crippen LogP contribution in [0.2, 0.25) is 0 Å². The fraction of sp³-hybridized carbons (Fsp3) is 0. The predicted molar refractivity (Wildman–Crippen MR) is 264 cm³/mol. The van der Waals surface area contributed by atoms with Crippen LogP contribution in [-0.4, -0.2) is 15.0 Å². The van der Waals surface area contributed by atoms with Crippen LogP contribution < -0.4 is 0 Å².